The summed E-state index contributed by atoms with van der Waals surface area (Å²) < 4.78 is 11.6. The molecule has 1 aliphatic heterocycles. The number of nitrogens with two attached hydrogens (primary N) is 1. The lowest BCUT2D eigenvalue weighted by molar-refractivity contribution is -0.661. The summed E-state index contributed by atoms with van der Waals surface area (Å²) in [6.07, 6.45) is 5.66. The van der Waals surface area contributed by atoms with Gasteiger partial charge in [0.05, 0.1) is 0 Å². The van der Waals surface area contributed by atoms with Gasteiger partial charge in [-0.2, -0.15) is 0 Å². The van der Waals surface area contributed by atoms with E-state index in [0.29, 0.717) is 6.10 Å². The summed E-state index contributed by atoms with van der Waals surface area (Å²) in [7, 11) is 0. The molecule has 2 rings (SSSR count). The molecule has 1 saturated heterocycles. The summed E-state index contributed by atoms with van der Waals surface area (Å²) in [6, 6.07) is 4.37. The van der Waals surface area contributed by atoms with Gasteiger partial charge in [-0.05, 0) is 44.2 Å². The van der Waals surface area contributed by atoms with Crippen molar-refractivity contribution in [3.63, 3.8) is 0 Å². The average molecular weight is 290 g/mol. The van der Waals surface area contributed by atoms with E-state index in [1.807, 2.05) is 6.08 Å². The van der Waals surface area contributed by atoms with Gasteiger partial charge in [-0.3, -0.25) is 0 Å². The highest BCUT2D eigenvalue weighted by Crippen LogP contribution is 2.26. The van der Waals surface area contributed by atoms with Gasteiger partial charge in [0.25, 0.3) is 0 Å². The minimum absolute atomic E-state index is 0.447. The molecular formula is C18H28NO2+. The van der Waals surface area contributed by atoms with Gasteiger partial charge in [-0.1, -0.05) is 23.8 Å². The largest absolute Gasteiger partial charge is 0.487 e. The standard InChI is InChI=1S/C18H27NO2/c1-4-6-16-12-14(2)11-15(3)18(16)21-10-8-19-13-17-7-5-9-20-17/h4,11-12,17,19H,1,5-10,13H2,2-3H3/p+1/t17-/m0/s1. The Kier molecular flexibility index (Phi) is 6.27. The zero-order valence-corrected chi connectivity index (χ0v) is 13.4. The molecule has 1 aliphatic rings. The Bertz CT molecular complexity index is 465. The van der Waals surface area contributed by atoms with Crippen LogP contribution in [0.15, 0.2) is 24.8 Å². The molecule has 1 aromatic carbocycles. The molecule has 0 radical (unpaired) electrons. The highest BCUT2D eigenvalue weighted by atomic mass is 16.5. The zero-order chi connectivity index (χ0) is 15.1. The van der Waals surface area contributed by atoms with Gasteiger partial charge in [0.2, 0.25) is 0 Å². The van der Waals surface area contributed by atoms with Gasteiger partial charge < -0.3 is 14.8 Å². The smallest absolute Gasteiger partial charge is 0.137 e. The number of ether oxygens (including phenoxy) is 2. The monoisotopic (exact) mass is 290 g/mol. The predicted octanol–water partition coefficient (Wildman–Crippen LogP) is 2.15. The van der Waals surface area contributed by atoms with E-state index in [0.717, 1.165) is 38.5 Å². The molecule has 3 nitrogen and oxygen atoms in total. The molecule has 0 aromatic heterocycles. The van der Waals surface area contributed by atoms with Crippen LogP contribution in [0.4, 0.5) is 0 Å². The van der Waals surface area contributed by atoms with E-state index in [9.17, 15) is 0 Å². The molecule has 0 unspecified atom stereocenters. The van der Waals surface area contributed by atoms with Crippen molar-refractivity contribution in [3.05, 3.63) is 41.5 Å². The van der Waals surface area contributed by atoms with E-state index in [4.69, 9.17) is 9.47 Å². The van der Waals surface area contributed by atoms with Crippen molar-refractivity contribution in [3.8, 4) is 5.75 Å². The summed E-state index contributed by atoms with van der Waals surface area (Å²) in [5.74, 6) is 1.03. The second-order valence-electron chi connectivity index (χ2n) is 5.86. The summed E-state index contributed by atoms with van der Waals surface area (Å²) in [6.45, 7) is 11.8. The first-order chi connectivity index (χ1) is 10.2. The average Bonchev–Trinajstić information content (AvgIpc) is 2.94. The molecule has 0 amide bonds. The van der Waals surface area contributed by atoms with Crippen molar-refractivity contribution in [1.29, 1.82) is 0 Å². The highest BCUT2D eigenvalue weighted by Gasteiger charge is 2.16. The molecule has 1 aromatic rings. The number of allylic oxidation sites excluding steroid dienone is 1. The van der Waals surface area contributed by atoms with Crippen LogP contribution in [0.2, 0.25) is 0 Å². The Morgan fingerprint density at radius 1 is 1.43 bits per heavy atom. The Labute approximate surface area is 128 Å². The molecule has 2 N–H and O–H groups in total. The van der Waals surface area contributed by atoms with Crippen molar-refractivity contribution >= 4 is 0 Å². The fraction of sp³-hybridized carbons (Fsp3) is 0.556. The lowest BCUT2D eigenvalue weighted by Gasteiger charge is -2.14. The van der Waals surface area contributed by atoms with Crippen LogP contribution in [0.5, 0.6) is 5.75 Å². The Balaban J connectivity index is 1.80. The van der Waals surface area contributed by atoms with Gasteiger partial charge in [-0.15, -0.1) is 6.58 Å². The van der Waals surface area contributed by atoms with E-state index in [2.05, 4.69) is 37.9 Å². The van der Waals surface area contributed by atoms with Crippen molar-refractivity contribution in [1.82, 2.24) is 0 Å². The Morgan fingerprint density at radius 3 is 3.00 bits per heavy atom. The number of rotatable bonds is 8. The van der Waals surface area contributed by atoms with Gasteiger partial charge in [0.1, 0.15) is 31.5 Å². The van der Waals surface area contributed by atoms with Gasteiger partial charge in [-0.25, -0.2) is 0 Å². The Morgan fingerprint density at radius 2 is 2.29 bits per heavy atom. The quantitative estimate of drug-likeness (QED) is 0.588. The molecule has 116 valence electrons. The fourth-order valence-electron chi connectivity index (χ4n) is 2.93. The third-order valence-electron chi connectivity index (χ3n) is 3.88. The van der Waals surface area contributed by atoms with Crippen LogP contribution >= 0.6 is 0 Å². The molecule has 0 aliphatic carbocycles. The van der Waals surface area contributed by atoms with Crippen molar-refractivity contribution in [2.75, 3.05) is 26.3 Å². The van der Waals surface area contributed by atoms with Gasteiger partial charge in [0.15, 0.2) is 0 Å². The number of benzene rings is 1. The molecule has 0 spiro atoms. The summed E-state index contributed by atoms with van der Waals surface area (Å²) in [5.41, 5.74) is 3.73. The van der Waals surface area contributed by atoms with E-state index < -0.39 is 0 Å². The number of hydrogen-bond acceptors (Lipinski definition) is 2. The first-order valence-electron chi connectivity index (χ1n) is 7.97. The molecular weight excluding hydrogens is 262 g/mol. The van der Waals surface area contributed by atoms with Crippen LogP contribution in [0.1, 0.15) is 29.5 Å². The highest BCUT2D eigenvalue weighted by molar-refractivity contribution is 5.44. The second kappa shape index (κ2) is 8.20. The minimum atomic E-state index is 0.447. The first-order valence-corrected chi connectivity index (χ1v) is 7.97. The number of aryl methyl sites for hydroxylation is 2. The van der Waals surface area contributed by atoms with E-state index in [1.54, 1.807) is 0 Å². The van der Waals surface area contributed by atoms with Crippen molar-refractivity contribution in [2.24, 2.45) is 0 Å². The number of quaternary nitrogens is 1. The van der Waals surface area contributed by atoms with Crippen LogP contribution in [-0.4, -0.2) is 32.4 Å². The number of hydrogen-bond donors (Lipinski definition) is 1. The van der Waals surface area contributed by atoms with E-state index in [1.165, 1.54) is 29.5 Å². The van der Waals surface area contributed by atoms with Crippen LogP contribution in [0.3, 0.4) is 0 Å². The van der Waals surface area contributed by atoms with E-state index >= 15 is 0 Å². The van der Waals surface area contributed by atoms with Crippen LogP contribution in [0.25, 0.3) is 0 Å². The first kappa shape index (κ1) is 16.1. The van der Waals surface area contributed by atoms with Crippen LogP contribution < -0.4 is 10.1 Å². The minimum Gasteiger partial charge on any atom is -0.487 e. The molecule has 1 heterocycles. The van der Waals surface area contributed by atoms with Crippen LogP contribution in [-0.2, 0) is 11.2 Å². The molecule has 0 bridgehead atoms. The van der Waals surface area contributed by atoms with Gasteiger partial charge in [0, 0.05) is 6.61 Å². The maximum Gasteiger partial charge on any atom is 0.137 e. The zero-order valence-electron chi connectivity index (χ0n) is 13.4. The second-order valence-corrected chi connectivity index (χ2v) is 5.86. The normalized spacial score (nSPS) is 17.9. The topological polar surface area (TPSA) is 35.1 Å². The maximum absolute atomic E-state index is 6.02. The SMILES string of the molecule is C=CCc1cc(C)cc(C)c1OCC[NH2+]C[C@@H]1CCCO1. The molecule has 1 fully saturated rings. The summed E-state index contributed by atoms with van der Waals surface area (Å²) >= 11 is 0. The summed E-state index contributed by atoms with van der Waals surface area (Å²) in [5, 5.41) is 2.30. The lowest BCUT2D eigenvalue weighted by Crippen LogP contribution is -2.87. The molecule has 21 heavy (non-hydrogen) atoms. The lowest BCUT2D eigenvalue weighted by atomic mass is 10.0. The molecule has 0 saturated carbocycles. The molecule has 3 heteroatoms. The maximum atomic E-state index is 6.02. The third-order valence-corrected chi connectivity index (χ3v) is 3.88. The molecule has 1 atom stereocenters. The van der Waals surface area contributed by atoms with Crippen LogP contribution in [0, 0.1) is 13.8 Å². The fourth-order valence-corrected chi connectivity index (χ4v) is 2.93. The predicted molar refractivity (Wildman–Crippen MR) is 85.9 cm³/mol. The van der Waals surface area contributed by atoms with Crippen molar-refractivity contribution < 1.29 is 14.8 Å². The summed E-state index contributed by atoms with van der Waals surface area (Å²) in [4.78, 5) is 0. The Hall–Kier alpha value is -1.32. The third kappa shape index (κ3) is 4.87. The van der Waals surface area contributed by atoms with Crippen molar-refractivity contribution in [2.45, 2.75) is 39.2 Å². The van der Waals surface area contributed by atoms with E-state index in [-0.39, 0.29) is 0 Å². The van der Waals surface area contributed by atoms with Gasteiger partial charge >= 0.3 is 0 Å².